The van der Waals surface area contributed by atoms with Crippen molar-refractivity contribution in [2.75, 3.05) is 52.4 Å². The molecule has 5 nitrogen and oxygen atoms in total. The van der Waals surface area contributed by atoms with Gasteiger partial charge in [0.25, 0.3) is 0 Å². The predicted molar refractivity (Wildman–Crippen MR) is 77.2 cm³/mol. The van der Waals surface area contributed by atoms with Crippen molar-refractivity contribution in [2.24, 2.45) is 0 Å². The Bertz CT molecular complexity index is 273. The van der Waals surface area contributed by atoms with Crippen LogP contribution in [0.5, 0.6) is 0 Å². The van der Waals surface area contributed by atoms with Gasteiger partial charge in [0.15, 0.2) is 0 Å². The predicted octanol–water partition coefficient (Wildman–Crippen LogP) is -0.118. The number of hydrogen-bond donors (Lipinski definition) is 2. The van der Waals surface area contributed by atoms with Crippen LogP contribution in [0.1, 0.15) is 26.2 Å². The van der Waals surface area contributed by atoms with Crippen molar-refractivity contribution in [2.45, 2.75) is 32.2 Å². The van der Waals surface area contributed by atoms with Crippen LogP contribution in [0.2, 0.25) is 0 Å². The maximum Gasteiger partial charge on any atom is 0.234 e. The van der Waals surface area contributed by atoms with Crippen LogP contribution in [-0.2, 0) is 4.79 Å². The summed E-state index contributed by atoms with van der Waals surface area (Å²) in [7, 11) is 0. The smallest absolute Gasteiger partial charge is 0.234 e. The summed E-state index contributed by atoms with van der Waals surface area (Å²) in [5.41, 5.74) is 0. The van der Waals surface area contributed by atoms with Crippen molar-refractivity contribution in [3.63, 3.8) is 0 Å². The number of hydrogen-bond acceptors (Lipinski definition) is 4. The lowest BCUT2D eigenvalue weighted by Crippen LogP contribution is -2.42. The van der Waals surface area contributed by atoms with Crippen LogP contribution < -0.4 is 10.6 Å². The molecule has 0 atom stereocenters. The van der Waals surface area contributed by atoms with Crippen molar-refractivity contribution >= 4 is 5.91 Å². The van der Waals surface area contributed by atoms with Crippen molar-refractivity contribution in [1.82, 2.24) is 20.4 Å². The van der Waals surface area contributed by atoms with Crippen LogP contribution in [0.3, 0.4) is 0 Å². The molecule has 1 amide bonds. The average molecular weight is 268 g/mol. The first-order valence-corrected chi connectivity index (χ1v) is 7.73. The molecular weight excluding hydrogens is 240 g/mol. The van der Waals surface area contributed by atoms with E-state index in [4.69, 9.17) is 0 Å². The minimum atomic E-state index is 0.175. The van der Waals surface area contributed by atoms with E-state index in [2.05, 4.69) is 27.4 Å². The molecule has 5 heteroatoms. The van der Waals surface area contributed by atoms with Gasteiger partial charge in [-0.15, -0.1) is 0 Å². The number of carbonyl (C=O) groups excluding carboxylic acids is 1. The van der Waals surface area contributed by atoms with Crippen LogP contribution >= 0.6 is 0 Å². The molecule has 0 radical (unpaired) electrons. The molecule has 1 saturated heterocycles. The third kappa shape index (κ3) is 5.47. The van der Waals surface area contributed by atoms with Gasteiger partial charge in [-0.3, -0.25) is 14.6 Å². The average Bonchev–Trinajstić information content (AvgIpc) is 3.22. The second-order valence-electron chi connectivity index (χ2n) is 5.59. The first-order valence-electron chi connectivity index (χ1n) is 7.73. The van der Waals surface area contributed by atoms with Gasteiger partial charge < -0.3 is 10.6 Å². The van der Waals surface area contributed by atoms with Crippen molar-refractivity contribution in [3.8, 4) is 0 Å². The third-order valence-electron chi connectivity index (χ3n) is 3.99. The van der Waals surface area contributed by atoms with Crippen LogP contribution in [0, 0.1) is 0 Å². The lowest BCUT2D eigenvalue weighted by Gasteiger charge is -2.21. The molecule has 0 aromatic carbocycles. The van der Waals surface area contributed by atoms with E-state index in [0.717, 1.165) is 58.3 Å². The number of nitrogens with zero attached hydrogens (tertiary/aromatic N) is 2. The van der Waals surface area contributed by atoms with E-state index in [1.807, 2.05) is 0 Å². The Morgan fingerprint density at radius 1 is 1.37 bits per heavy atom. The fourth-order valence-corrected chi connectivity index (χ4v) is 2.70. The van der Waals surface area contributed by atoms with E-state index >= 15 is 0 Å². The summed E-state index contributed by atoms with van der Waals surface area (Å²) in [5.74, 6) is 0.175. The quantitative estimate of drug-likeness (QED) is 0.676. The Morgan fingerprint density at radius 3 is 2.95 bits per heavy atom. The molecular formula is C14H28N4O. The zero-order chi connectivity index (χ0) is 13.5. The van der Waals surface area contributed by atoms with Crippen molar-refractivity contribution < 1.29 is 4.79 Å². The topological polar surface area (TPSA) is 47.6 Å². The summed E-state index contributed by atoms with van der Waals surface area (Å²) in [6.07, 6.45) is 3.81. The molecule has 0 unspecified atom stereocenters. The second-order valence-corrected chi connectivity index (χ2v) is 5.59. The second kappa shape index (κ2) is 7.82. The minimum Gasteiger partial charge on any atom is -0.354 e. The maximum atomic E-state index is 11.9. The van der Waals surface area contributed by atoms with Crippen LogP contribution in [0.15, 0.2) is 0 Å². The standard InChI is InChI=1S/C14H28N4O/c1-2-18(13-4-5-13)11-8-16-14(19)12-17-9-3-6-15-7-10-17/h13,15H,2-12H2,1H3,(H,16,19). The molecule has 1 aliphatic carbocycles. The Morgan fingerprint density at radius 2 is 2.21 bits per heavy atom. The Hall–Kier alpha value is -0.650. The van der Waals surface area contributed by atoms with E-state index in [0.29, 0.717) is 6.54 Å². The molecule has 2 N–H and O–H groups in total. The summed E-state index contributed by atoms with van der Waals surface area (Å²) < 4.78 is 0. The molecule has 0 spiro atoms. The molecule has 19 heavy (non-hydrogen) atoms. The largest absolute Gasteiger partial charge is 0.354 e. The summed E-state index contributed by atoms with van der Waals surface area (Å²) >= 11 is 0. The number of rotatable bonds is 7. The van der Waals surface area contributed by atoms with E-state index in [9.17, 15) is 4.79 Å². The highest BCUT2D eigenvalue weighted by Crippen LogP contribution is 2.25. The zero-order valence-electron chi connectivity index (χ0n) is 12.2. The molecule has 110 valence electrons. The van der Waals surface area contributed by atoms with E-state index in [-0.39, 0.29) is 5.91 Å². The number of carbonyl (C=O) groups is 1. The highest BCUT2D eigenvalue weighted by atomic mass is 16.2. The first-order chi connectivity index (χ1) is 9.29. The molecule has 1 heterocycles. The van der Waals surface area contributed by atoms with Crippen molar-refractivity contribution in [3.05, 3.63) is 0 Å². The van der Waals surface area contributed by atoms with Gasteiger partial charge in [-0.1, -0.05) is 6.92 Å². The first kappa shape index (κ1) is 14.8. The van der Waals surface area contributed by atoms with E-state index in [1.165, 1.54) is 12.8 Å². The van der Waals surface area contributed by atoms with Gasteiger partial charge in [0.2, 0.25) is 5.91 Å². The highest BCUT2D eigenvalue weighted by molar-refractivity contribution is 5.78. The minimum absolute atomic E-state index is 0.175. The maximum absolute atomic E-state index is 11.9. The van der Waals surface area contributed by atoms with Crippen molar-refractivity contribution in [1.29, 1.82) is 0 Å². The molecule has 0 aromatic heterocycles. The zero-order valence-corrected chi connectivity index (χ0v) is 12.2. The molecule has 1 aliphatic heterocycles. The van der Waals surface area contributed by atoms with Crippen LogP contribution in [0.4, 0.5) is 0 Å². The lowest BCUT2D eigenvalue weighted by molar-refractivity contribution is -0.122. The summed E-state index contributed by atoms with van der Waals surface area (Å²) in [6, 6.07) is 0.790. The van der Waals surface area contributed by atoms with Gasteiger partial charge in [-0.2, -0.15) is 0 Å². The van der Waals surface area contributed by atoms with Crippen LogP contribution in [-0.4, -0.2) is 74.1 Å². The summed E-state index contributed by atoms with van der Waals surface area (Å²) in [4.78, 5) is 16.6. The molecule has 2 rings (SSSR count). The molecule has 0 bridgehead atoms. The summed E-state index contributed by atoms with van der Waals surface area (Å²) in [6.45, 7) is 9.72. The van der Waals surface area contributed by atoms with Gasteiger partial charge in [-0.25, -0.2) is 0 Å². The fourth-order valence-electron chi connectivity index (χ4n) is 2.70. The highest BCUT2D eigenvalue weighted by Gasteiger charge is 2.27. The van der Waals surface area contributed by atoms with Gasteiger partial charge in [-0.05, 0) is 38.9 Å². The Labute approximate surface area is 116 Å². The Kier molecular flexibility index (Phi) is 6.07. The normalized spacial score (nSPS) is 21.4. The van der Waals surface area contributed by atoms with Gasteiger partial charge in [0, 0.05) is 32.2 Å². The van der Waals surface area contributed by atoms with Gasteiger partial charge >= 0.3 is 0 Å². The number of likely N-dealkylation sites (N-methyl/N-ethyl adjacent to an activating group) is 1. The van der Waals surface area contributed by atoms with Crippen LogP contribution in [0.25, 0.3) is 0 Å². The van der Waals surface area contributed by atoms with E-state index in [1.54, 1.807) is 0 Å². The third-order valence-corrected chi connectivity index (χ3v) is 3.99. The molecule has 1 saturated carbocycles. The van der Waals surface area contributed by atoms with Gasteiger partial charge in [0.1, 0.15) is 0 Å². The number of nitrogens with one attached hydrogen (secondary N) is 2. The fraction of sp³-hybridized carbons (Fsp3) is 0.929. The molecule has 2 aliphatic rings. The molecule has 2 fully saturated rings. The molecule has 0 aromatic rings. The van der Waals surface area contributed by atoms with Gasteiger partial charge in [0.05, 0.1) is 6.54 Å². The SMILES string of the molecule is CCN(CCNC(=O)CN1CCCNCC1)C1CC1. The summed E-state index contributed by atoms with van der Waals surface area (Å²) in [5, 5.41) is 6.41. The van der Waals surface area contributed by atoms with E-state index < -0.39 is 0 Å². The Balaban J connectivity index is 1.58. The number of amides is 1. The lowest BCUT2D eigenvalue weighted by atomic mass is 10.3. The monoisotopic (exact) mass is 268 g/mol.